The molecule has 1 atom stereocenters. The molecule has 1 unspecified atom stereocenters. The predicted molar refractivity (Wildman–Crippen MR) is 128 cm³/mol. The Morgan fingerprint density at radius 3 is 2.44 bits per heavy atom. The molecular formula is C26H26N4O4. The van der Waals surface area contributed by atoms with Gasteiger partial charge in [0.2, 0.25) is 0 Å². The third-order valence-corrected chi connectivity index (χ3v) is 6.79. The Balaban J connectivity index is 1.46. The van der Waals surface area contributed by atoms with Crippen LogP contribution in [0.25, 0.3) is 11.2 Å². The molecule has 0 amide bonds. The highest BCUT2D eigenvalue weighted by Crippen LogP contribution is 2.32. The van der Waals surface area contributed by atoms with Gasteiger partial charge in [0.1, 0.15) is 6.61 Å². The van der Waals surface area contributed by atoms with Gasteiger partial charge in [-0.2, -0.15) is 0 Å². The van der Waals surface area contributed by atoms with Crippen molar-refractivity contribution in [3.63, 3.8) is 0 Å². The average molecular weight is 459 g/mol. The quantitative estimate of drug-likeness (QED) is 0.458. The highest BCUT2D eigenvalue weighted by Gasteiger charge is 2.27. The van der Waals surface area contributed by atoms with E-state index in [1.807, 2.05) is 59.2 Å². The minimum absolute atomic E-state index is 0.104. The summed E-state index contributed by atoms with van der Waals surface area (Å²) in [6, 6.07) is 17.4. The lowest BCUT2D eigenvalue weighted by molar-refractivity contribution is 0.0766. The first-order chi connectivity index (χ1) is 16.7. The second-order valence-electron chi connectivity index (χ2n) is 9.03. The number of para-hydroxylation sites is 2. The van der Waals surface area contributed by atoms with Gasteiger partial charge in [-0.3, -0.25) is 13.9 Å². The maximum atomic E-state index is 13.7. The Hall–Kier alpha value is -3.81. The predicted octanol–water partition coefficient (Wildman–Crippen LogP) is 3.36. The van der Waals surface area contributed by atoms with E-state index in [9.17, 15) is 9.59 Å². The molecule has 2 aromatic carbocycles. The van der Waals surface area contributed by atoms with Gasteiger partial charge in [-0.05, 0) is 30.5 Å². The van der Waals surface area contributed by atoms with Crippen molar-refractivity contribution >= 4 is 11.2 Å². The van der Waals surface area contributed by atoms with Gasteiger partial charge >= 0.3 is 5.69 Å². The van der Waals surface area contributed by atoms with Crippen LogP contribution in [-0.4, -0.2) is 31.4 Å². The Labute approximate surface area is 196 Å². The van der Waals surface area contributed by atoms with Gasteiger partial charge in [0, 0.05) is 6.04 Å². The molecule has 1 aliphatic heterocycles. The fourth-order valence-electron chi connectivity index (χ4n) is 5.09. The number of fused-ring (bicyclic) bond motifs is 2. The van der Waals surface area contributed by atoms with Crippen LogP contribution in [-0.2, 0) is 13.1 Å². The molecule has 0 N–H and O–H groups in total. The van der Waals surface area contributed by atoms with Gasteiger partial charge in [0.25, 0.3) is 5.56 Å². The lowest BCUT2D eigenvalue weighted by Crippen LogP contribution is -2.46. The largest absolute Gasteiger partial charge is 0.486 e. The number of aromatic nitrogens is 4. The first kappa shape index (κ1) is 20.8. The first-order valence-electron chi connectivity index (χ1n) is 11.8. The van der Waals surface area contributed by atoms with Crippen molar-refractivity contribution in [3.8, 4) is 11.5 Å². The summed E-state index contributed by atoms with van der Waals surface area (Å²) in [5.41, 5.74) is 1.18. The molecule has 8 nitrogen and oxygen atoms in total. The molecule has 1 aliphatic carbocycles. The summed E-state index contributed by atoms with van der Waals surface area (Å²) >= 11 is 0. The standard InChI is InChI=1S/C26H26N4O4/c31-25-23-24(27-17-30(23)19-10-4-5-11-19)28(14-18-8-2-1-3-9-18)26(32)29(25)15-20-16-33-21-12-6-7-13-22(21)34-20/h1-3,6-9,12-13,17,19-20H,4-5,10-11,14-16H2. The van der Waals surface area contributed by atoms with Gasteiger partial charge < -0.3 is 14.0 Å². The van der Waals surface area contributed by atoms with E-state index in [-0.39, 0.29) is 30.4 Å². The highest BCUT2D eigenvalue weighted by atomic mass is 16.6. The van der Waals surface area contributed by atoms with E-state index in [2.05, 4.69) is 4.98 Å². The average Bonchev–Trinajstić information content (AvgIpc) is 3.55. The van der Waals surface area contributed by atoms with Crippen LogP contribution in [0.5, 0.6) is 11.5 Å². The van der Waals surface area contributed by atoms with Crippen LogP contribution in [0, 0.1) is 0 Å². The molecule has 1 fully saturated rings. The summed E-state index contributed by atoms with van der Waals surface area (Å²) in [4.78, 5) is 31.9. The van der Waals surface area contributed by atoms with Crippen molar-refractivity contribution in [2.24, 2.45) is 0 Å². The zero-order chi connectivity index (χ0) is 23.1. The molecule has 6 rings (SSSR count). The molecule has 3 heterocycles. The number of imidazole rings is 1. The first-order valence-corrected chi connectivity index (χ1v) is 11.8. The molecule has 0 saturated heterocycles. The molecule has 174 valence electrons. The van der Waals surface area contributed by atoms with Crippen LogP contribution in [0.3, 0.4) is 0 Å². The summed E-state index contributed by atoms with van der Waals surface area (Å²) in [5, 5.41) is 0. The molecule has 0 spiro atoms. The lowest BCUT2D eigenvalue weighted by atomic mass is 10.2. The Morgan fingerprint density at radius 2 is 1.65 bits per heavy atom. The van der Waals surface area contributed by atoms with Crippen molar-refractivity contribution in [3.05, 3.63) is 87.3 Å². The smallest absolute Gasteiger partial charge is 0.333 e. The topological polar surface area (TPSA) is 80.3 Å². The van der Waals surface area contributed by atoms with Crippen LogP contribution < -0.4 is 20.7 Å². The number of ether oxygens (including phenoxy) is 2. The second kappa shape index (κ2) is 8.52. The van der Waals surface area contributed by atoms with Gasteiger partial charge in [-0.25, -0.2) is 9.78 Å². The van der Waals surface area contributed by atoms with Crippen LogP contribution in [0.15, 0.2) is 70.5 Å². The van der Waals surface area contributed by atoms with Crippen molar-refractivity contribution < 1.29 is 9.47 Å². The summed E-state index contributed by atoms with van der Waals surface area (Å²) in [7, 11) is 0. The molecule has 8 heteroatoms. The SMILES string of the molecule is O=c1c2c(ncn2C2CCCC2)n(Cc2ccccc2)c(=O)n1CC1COc2ccccc2O1. The molecule has 0 bridgehead atoms. The fourth-order valence-corrected chi connectivity index (χ4v) is 5.09. The highest BCUT2D eigenvalue weighted by molar-refractivity contribution is 5.70. The van der Waals surface area contributed by atoms with E-state index in [1.165, 1.54) is 4.57 Å². The van der Waals surface area contributed by atoms with Crippen molar-refractivity contribution in [1.29, 1.82) is 0 Å². The number of hydrogen-bond acceptors (Lipinski definition) is 5. The summed E-state index contributed by atoms with van der Waals surface area (Å²) in [6.07, 6.45) is 5.57. The van der Waals surface area contributed by atoms with Crippen LogP contribution in [0.4, 0.5) is 0 Å². The Kier molecular flexibility index (Phi) is 5.20. The Bertz CT molecular complexity index is 1450. The fraction of sp³-hybridized carbons (Fsp3) is 0.346. The van der Waals surface area contributed by atoms with E-state index in [4.69, 9.17) is 9.47 Å². The van der Waals surface area contributed by atoms with Gasteiger partial charge in [0.15, 0.2) is 28.8 Å². The monoisotopic (exact) mass is 458 g/mol. The van der Waals surface area contributed by atoms with Crippen molar-refractivity contribution in [2.45, 2.75) is 50.9 Å². The van der Waals surface area contributed by atoms with Crippen LogP contribution >= 0.6 is 0 Å². The number of rotatable bonds is 5. The summed E-state index contributed by atoms with van der Waals surface area (Å²) < 4.78 is 16.8. The van der Waals surface area contributed by atoms with Crippen molar-refractivity contribution in [1.82, 2.24) is 18.7 Å². The summed E-state index contributed by atoms with van der Waals surface area (Å²) in [6.45, 7) is 0.705. The molecule has 34 heavy (non-hydrogen) atoms. The molecule has 1 saturated carbocycles. The zero-order valence-corrected chi connectivity index (χ0v) is 18.8. The molecular weight excluding hydrogens is 432 g/mol. The van der Waals surface area contributed by atoms with Gasteiger partial charge in [-0.1, -0.05) is 55.3 Å². The van der Waals surface area contributed by atoms with E-state index >= 15 is 0 Å². The molecule has 4 aromatic rings. The van der Waals surface area contributed by atoms with Crippen LogP contribution in [0.2, 0.25) is 0 Å². The number of benzene rings is 2. The molecule has 2 aliphatic rings. The maximum Gasteiger partial charge on any atom is 0.333 e. The van der Waals surface area contributed by atoms with Gasteiger partial charge in [0.05, 0.1) is 19.4 Å². The minimum Gasteiger partial charge on any atom is -0.486 e. The number of nitrogens with zero attached hydrogens (tertiary/aromatic N) is 4. The summed E-state index contributed by atoms with van der Waals surface area (Å²) in [5.74, 6) is 1.29. The maximum absolute atomic E-state index is 13.7. The van der Waals surface area contributed by atoms with E-state index < -0.39 is 6.10 Å². The van der Waals surface area contributed by atoms with E-state index in [0.717, 1.165) is 31.2 Å². The van der Waals surface area contributed by atoms with Gasteiger partial charge in [-0.15, -0.1) is 0 Å². The lowest BCUT2D eigenvalue weighted by Gasteiger charge is -2.27. The molecule has 2 aromatic heterocycles. The molecule has 0 radical (unpaired) electrons. The zero-order valence-electron chi connectivity index (χ0n) is 18.8. The minimum atomic E-state index is -0.453. The van der Waals surface area contributed by atoms with E-state index in [1.54, 1.807) is 10.9 Å². The van der Waals surface area contributed by atoms with Crippen LogP contribution in [0.1, 0.15) is 37.3 Å². The number of hydrogen-bond donors (Lipinski definition) is 0. The third kappa shape index (κ3) is 3.59. The van der Waals surface area contributed by atoms with E-state index in [0.29, 0.717) is 29.2 Å². The third-order valence-electron chi connectivity index (χ3n) is 6.79. The normalized spacial score (nSPS) is 17.9. The second-order valence-corrected chi connectivity index (χ2v) is 9.03. The Morgan fingerprint density at radius 1 is 0.912 bits per heavy atom. The van der Waals surface area contributed by atoms with Crippen molar-refractivity contribution in [2.75, 3.05) is 6.61 Å².